The van der Waals surface area contributed by atoms with Gasteiger partial charge in [0.05, 0.1) is 0 Å². The first kappa shape index (κ1) is 20.0. The molecule has 3 atom stereocenters. The average Bonchev–Trinajstić information content (AvgIpc) is 3.47. The lowest BCUT2D eigenvalue weighted by atomic mass is 10.0. The van der Waals surface area contributed by atoms with Gasteiger partial charge in [-0.3, -0.25) is 9.59 Å². The van der Waals surface area contributed by atoms with Crippen molar-refractivity contribution in [2.75, 3.05) is 0 Å². The molecule has 0 unspecified atom stereocenters. The Morgan fingerprint density at radius 1 is 0.724 bits per heavy atom. The van der Waals surface area contributed by atoms with Crippen molar-refractivity contribution in [3.63, 3.8) is 0 Å². The Balaban J connectivity index is 1.57. The SMILES string of the molecule is O=C(/C=C/[C@H]1[C@@H](C(=O)c2ccc(Br)cc2)[C@@H]1c1ccccc1)c1ccc(Br)cc1. The first-order valence-corrected chi connectivity index (χ1v) is 11.0. The largest absolute Gasteiger partial charge is 0.294 e. The Bertz CT molecular complexity index is 1050. The summed E-state index contributed by atoms with van der Waals surface area (Å²) in [6.07, 6.45) is 3.52. The van der Waals surface area contributed by atoms with E-state index in [-0.39, 0.29) is 29.3 Å². The van der Waals surface area contributed by atoms with E-state index in [0.29, 0.717) is 11.1 Å². The molecule has 0 aromatic heterocycles. The van der Waals surface area contributed by atoms with Gasteiger partial charge in [0, 0.05) is 31.9 Å². The lowest BCUT2D eigenvalue weighted by molar-refractivity contribution is 0.0960. The molecule has 4 rings (SSSR count). The molecule has 0 bridgehead atoms. The fourth-order valence-corrected chi connectivity index (χ4v) is 4.26. The molecular formula is C25H18Br2O2. The number of rotatable bonds is 6. The van der Waals surface area contributed by atoms with E-state index in [2.05, 4.69) is 44.0 Å². The summed E-state index contributed by atoms with van der Waals surface area (Å²) in [7, 11) is 0. The normalized spacial score (nSPS) is 20.6. The maximum Gasteiger partial charge on any atom is 0.185 e. The highest BCUT2D eigenvalue weighted by Crippen LogP contribution is 2.56. The predicted octanol–water partition coefficient (Wildman–Crippen LogP) is 6.86. The molecule has 0 saturated heterocycles. The quantitative estimate of drug-likeness (QED) is 0.268. The molecule has 1 aliphatic carbocycles. The molecule has 3 aromatic rings. The minimum absolute atomic E-state index is 0.0212. The van der Waals surface area contributed by atoms with Crippen LogP contribution in [0, 0.1) is 11.8 Å². The molecular weight excluding hydrogens is 492 g/mol. The molecule has 0 aliphatic heterocycles. The van der Waals surface area contributed by atoms with Gasteiger partial charge in [-0.2, -0.15) is 0 Å². The van der Waals surface area contributed by atoms with Crippen LogP contribution in [0.15, 0.2) is 100.0 Å². The molecule has 144 valence electrons. The van der Waals surface area contributed by atoms with Crippen molar-refractivity contribution in [3.05, 3.63) is 117 Å². The molecule has 1 aliphatic rings. The Labute approximate surface area is 186 Å². The molecule has 0 spiro atoms. The van der Waals surface area contributed by atoms with E-state index < -0.39 is 0 Å². The first-order chi connectivity index (χ1) is 14.0. The van der Waals surface area contributed by atoms with Gasteiger partial charge in [0.1, 0.15) is 0 Å². The summed E-state index contributed by atoms with van der Waals surface area (Å²) in [5.41, 5.74) is 2.47. The van der Waals surface area contributed by atoms with Crippen molar-refractivity contribution in [2.45, 2.75) is 5.92 Å². The molecule has 4 heteroatoms. The summed E-state index contributed by atoms with van der Waals surface area (Å²) in [5, 5.41) is 0. The van der Waals surface area contributed by atoms with Crippen LogP contribution in [0.4, 0.5) is 0 Å². The van der Waals surface area contributed by atoms with Gasteiger partial charge in [-0.25, -0.2) is 0 Å². The number of halogens is 2. The minimum Gasteiger partial charge on any atom is -0.294 e. The van der Waals surface area contributed by atoms with Crippen LogP contribution in [0.2, 0.25) is 0 Å². The van der Waals surface area contributed by atoms with Gasteiger partial charge >= 0.3 is 0 Å². The summed E-state index contributed by atoms with van der Waals surface area (Å²) < 4.78 is 1.88. The third-order valence-corrected chi connectivity index (χ3v) is 6.35. The van der Waals surface area contributed by atoms with Crippen molar-refractivity contribution < 1.29 is 9.59 Å². The third-order valence-electron chi connectivity index (χ3n) is 5.29. The fourth-order valence-electron chi connectivity index (χ4n) is 3.73. The Morgan fingerprint density at radius 2 is 1.28 bits per heavy atom. The Morgan fingerprint density at radius 3 is 1.86 bits per heavy atom. The van der Waals surface area contributed by atoms with E-state index in [1.54, 1.807) is 18.2 Å². The highest BCUT2D eigenvalue weighted by molar-refractivity contribution is 9.10. The van der Waals surface area contributed by atoms with Crippen molar-refractivity contribution in [3.8, 4) is 0 Å². The van der Waals surface area contributed by atoms with Gasteiger partial charge in [0.25, 0.3) is 0 Å². The van der Waals surface area contributed by atoms with Crippen LogP contribution in [0.5, 0.6) is 0 Å². The molecule has 29 heavy (non-hydrogen) atoms. The summed E-state index contributed by atoms with van der Waals surface area (Å²) >= 11 is 6.79. The number of hydrogen-bond donors (Lipinski definition) is 0. The maximum absolute atomic E-state index is 13.1. The number of ketones is 2. The summed E-state index contributed by atoms with van der Waals surface area (Å²) in [4.78, 5) is 25.6. The summed E-state index contributed by atoms with van der Waals surface area (Å²) in [6, 6.07) is 24.8. The third kappa shape index (κ3) is 4.49. The lowest BCUT2D eigenvalue weighted by Crippen LogP contribution is -2.04. The Kier molecular flexibility index (Phi) is 5.93. The number of Topliss-reactive ketones (excluding diaryl/α,β-unsaturated/α-hetero) is 1. The van der Waals surface area contributed by atoms with Crippen molar-refractivity contribution in [1.29, 1.82) is 0 Å². The van der Waals surface area contributed by atoms with Gasteiger partial charge in [-0.05, 0) is 54.0 Å². The second-order valence-corrected chi connectivity index (χ2v) is 8.97. The van der Waals surface area contributed by atoms with E-state index in [9.17, 15) is 9.59 Å². The van der Waals surface area contributed by atoms with Gasteiger partial charge in [0.2, 0.25) is 0 Å². The van der Waals surface area contributed by atoms with E-state index in [4.69, 9.17) is 0 Å². The Hall–Kier alpha value is -2.30. The number of carbonyl (C=O) groups excluding carboxylic acids is 2. The van der Waals surface area contributed by atoms with Crippen LogP contribution in [-0.2, 0) is 0 Å². The zero-order chi connectivity index (χ0) is 20.4. The molecule has 3 aromatic carbocycles. The van der Waals surface area contributed by atoms with E-state index in [1.807, 2.05) is 60.7 Å². The van der Waals surface area contributed by atoms with Crippen LogP contribution in [0.3, 0.4) is 0 Å². The van der Waals surface area contributed by atoms with Crippen LogP contribution >= 0.6 is 31.9 Å². The molecule has 2 nitrogen and oxygen atoms in total. The summed E-state index contributed by atoms with van der Waals surface area (Å²) in [6.45, 7) is 0. The van der Waals surface area contributed by atoms with Crippen LogP contribution in [-0.4, -0.2) is 11.6 Å². The van der Waals surface area contributed by atoms with Crippen molar-refractivity contribution in [2.24, 2.45) is 11.8 Å². The van der Waals surface area contributed by atoms with E-state index >= 15 is 0 Å². The zero-order valence-electron chi connectivity index (χ0n) is 15.5. The minimum atomic E-state index is -0.146. The number of benzene rings is 3. The number of carbonyl (C=O) groups is 2. The van der Waals surface area contributed by atoms with E-state index in [1.165, 1.54) is 0 Å². The first-order valence-electron chi connectivity index (χ1n) is 9.37. The second kappa shape index (κ2) is 8.60. The molecule has 0 radical (unpaired) electrons. The monoisotopic (exact) mass is 508 g/mol. The van der Waals surface area contributed by atoms with Crippen LogP contribution < -0.4 is 0 Å². The average molecular weight is 510 g/mol. The number of allylic oxidation sites excluding steroid dienone is 2. The molecule has 0 amide bonds. The van der Waals surface area contributed by atoms with Gasteiger partial charge in [-0.15, -0.1) is 0 Å². The molecule has 0 heterocycles. The zero-order valence-corrected chi connectivity index (χ0v) is 18.6. The maximum atomic E-state index is 13.1. The highest BCUT2D eigenvalue weighted by Gasteiger charge is 2.53. The summed E-state index contributed by atoms with van der Waals surface area (Å²) in [5.74, 6) is 0.0462. The van der Waals surface area contributed by atoms with Gasteiger partial charge in [0.15, 0.2) is 11.6 Å². The van der Waals surface area contributed by atoms with Crippen LogP contribution in [0.1, 0.15) is 32.2 Å². The fraction of sp³-hybridized carbons (Fsp3) is 0.120. The topological polar surface area (TPSA) is 34.1 Å². The van der Waals surface area contributed by atoms with Gasteiger partial charge < -0.3 is 0 Å². The lowest BCUT2D eigenvalue weighted by Gasteiger charge is -2.01. The van der Waals surface area contributed by atoms with Crippen LogP contribution in [0.25, 0.3) is 0 Å². The van der Waals surface area contributed by atoms with Crippen molar-refractivity contribution in [1.82, 2.24) is 0 Å². The molecule has 1 fully saturated rings. The number of hydrogen-bond acceptors (Lipinski definition) is 2. The standard InChI is InChI=1S/C25H18Br2O2/c26-19-10-6-16(7-11-19)22(28)15-14-21-23(17-4-2-1-3-5-17)24(21)25(29)18-8-12-20(27)13-9-18/h1-15,21,23-24H/b15-14+/t21-,23-,24-/m1/s1. The predicted molar refractivity (Wildman–Crippen MR) is 122 cm³/mol. The van der Waals surface area contributed by atoms with Gasteiger partial charge in [-0.1, -0.05) is 80.4 Å². The van der Waals surface area contributed by atoms with Crippen molar-refractivity contribution >= 4 is 43.4 Å². The molecule has 1 saturated carbocycles. The smallest absolute Gasteiger partial charge is 0.185 e. The molecule has 0 N–H and O–H groups in total. The highest BCUT2D eigenvalue weighted by atomic mass is 79.9. The second-order valence-electron chi connectivity index (χ2n) is 7.14. The van der Waals surface area contributed by atoms with E-state index in [0.717, 1.165) is 14.5 Å².